The van der Waals surface area contributed by atoms with Crippen LogP contribution in [0.15, 0.2) is 52.9 Å². The first-order chi connectivity index (χ1) is 16.6. The first-order valence-corrected chi connectivity index (χ1v) is 12.0. The number of benzene rings is 2. The van der Waals surface area contributed by atoms with E-state index in [1.54, 1.807) is 30.3 Å². The topological polar surface area (TPSA) is 108 Å². The molecule has 1 saturated carbocycles. The average molecular weight is 459 g/mol. The lowest BCUT2D eigenvalue weighted by atomic mass is 9.84. The van der Waals surface area contributed by atoms with E-state index in [2.05, 4.69) is 21.7 Å². The van der Waals surface area contributed by atoms with Crippen LogP contribution in [0.1, 0.15) is 68.1 Å². The summed E-state index contributed by atoms with van der Waals surface area (Å²) in [5.74, 6) is -0.172. The van der Waals surface area contributed by atoms with E-state index in [9.17, 15) is 14.9 Å². The normalized spacial score (nSPS) is 15.9. The van der Waals surface area contributed by atoms with E-state index in [0.717, 1.165) is 12.8 Å². The molecule has 7 nitrogen and oxygen atoms in total. The molecule has 176 valence electrons. The fourth-order valence-corrected chi connectivity index (χ4v) is 4.63. The number of amides is 1. The first-order valence-electron chi connectivity index (χ1n) is 12.0. The summed E-state index contributed by atoms with van der Waals surface area (Å²) in [6.07, 6.45) is 6.81. The van der Waals surface area contributed by atoms with Gasteiger partial charge in [-0.3, -0.25) is 9.59 Å². The SMILES string of the molecule is CCC(NC(=O)[C@H](CC1CCCCC1)Nc1ccccc1C#N)C(=O)c1nc2ccccc2o1. The number of Topliss-reactive ketones (excluding diaryl/α,β-unsaturated/α-hetero) is 1. The predicted octanol–water partition coefficient (Wildman–Crippen LogP) is 5.23. The summed E-state index contributed by atoms with van der Waals surface area (Å²) in [4.78, 5) is 30.9. The molecule has 1 aromatic heterocycles. The van der Waals surface area contributed by atoms with Crippen molar-refractivity contribution in [3.8, 4) is 6.07 Å². The van der Waals surface area contributed by atoms with Gasteiger partial charge in [0.25, 0.3) is 5.89 Å². The Hall–Kier alpha value is -3.66. The molecular weight excluding hydrogens is 428 g/mol. The van der Waals surface area contributed by atoms with Crippen LogP contribution in [-0.2, 0) is 4.79 Å². The molecule has 2 N–H and O–H groups in total. The van der Waals surface area contributed by atoms with Crippen LogP contribution in [0.2, 0.25) is 0 Å². The number of nitrogens with one attached hydrogen (secondary N) is 2. The number of hydrogen-bond donors (Lipinski definition) is 2. The minimum Gasteiger partial charge on any atom is -0.434 e. The Kier molecular flexibility index (Phi) is 7.58. The number of fused-ring (bicyclic) bond motifs is 1. The third kappa shape index (κ3) is 5.45. The lowest BCUT2D eigenvalue weighted by molar-refractivity contribution is -0.122. The number of nitriles is 1. The molecular formula is C27H30N4O3. The van der Waals surface area contributed by atoms with Gasteiger partial charge < -0.3 is 15.1 Å². The number of ketones is 1. The summed E-state index contributed by atoms with van der Waals surface area (Å²) in [7, 11) is 0. The van der Waals surface area contributed by atoms with Gasteiger partial charge in [-0.25, -0.2) is 4.98 Å². The van der Waals surface area contributed by atoms with Gasteiger partial charge in [0.05, 0.1) is 17.3 Å². The number of para-hydroxylation sites is 3. The predicted molar refractivity (Wildman–Crippen MR) is 130 cm³/mol. The fraction of sp³-hybridized carbons (Fsp3) is 0.407. The van der Waals surface area contributed by atoms with Gasteiger partial charge in [-0.05, 0) is 43.0 Å². The molecule has 4 rings (SSSR count). The number of oxazole rings is 1. The van der Waals surface area contributed by atoms with Crippen LogP contribution in [-0.4, -0.2) is 28.8 Å². The molecule has 2 aromatic carbocycles. The molecule has 1 aliphatic carbocycles. The van der Waals surface area contributed by atoms with Gasteiger partial charge >= 0.3 is 0 Å². The van der Waals surface area contributed by atoms with E-state index < -0.39 is 12.1 Å². The van der Waals surface area contributed by atoms with Gasteiger partial charge in [0.15, 0.2) is 5.58 Å². The summed E-state index contributed by atoms with van der Waals surface area (Å²) >= 11 is 0. The lowest BCUT2D eigenvalue weighted by Crippen LogP contribution is -2.48. The number of rotatable bonds is 9. The van der Waals surface area contributed by atoms with Crippen molar-refractivity contribution >= 4 is 28.5 Å². The molecule has 1 unspecified atom stereocenters. The standard InChI is InChI=1S/C27H30N4O3/c1-2-20(25(32)27-31-22-14-8-9-15-24(22)34-27)30-26(33)23(16-18-10-4-3-5-11-18)29-21-13-7-6-12-19(21)17-28/h6-9,12-15,18,20,23,29H,2-5,10-11,16H2,1H3,(H,30,33)/t20?,23-/m0/s1. The molecule has 1 heterocycles. The van der Waals surface area contributed by atoms with Crippen molar-refractivity contribution in [2.75, 3.05) is 5.32 Å². The lowest BCUT2D eigenvalue weighted by Gasteiger charge is -2.28. The summed E-state index contributed by atoms with van der Waals surface area (Å²) in [6.45, 7) is 1.85. The number of carbonyl (C=O) groups excluding carboxylic acids is 2. The third-order valence-electron chi connectivity index (χ3n) is 6.53. The highest BCUT2D eigenvalue weighted by atomic mass is 16.4. The van der Waals surface area contributed by atoms with Crippen LogP contribution in [0.25, 0.3) is 11.1 Å². The molecule has 3 aromatic rings. The summed E-state index contributed by atoms with van der Waals surface area (Å²) in [6, 6.07) is 15.2. The van der Waals surface area contributed by atoms with E-state index in [1.807, 2.05) is 25.1 Å². The second kappa shape index (κ2) is 11.0. The largest absolute Gasteiger partial charge is 0.434 e. The molecule has 0 aliphatic heterocycles. The molecule has 7 heteroatoms. The molecule has 0 radical (unpaired) electrons. The molecule has 34 heavy (non-hydrogen) atoms. The van der Waals surface area contributed by atoms with E-state index >= 15 is 0 Å². The van der Waals surface area contributed by atoms with Crippen molar-refractivity contribution in [3.63, 3.8) is 0 Å². The maximum Gasteiger partial charge on any atom is 0.266 e. The van der Waals surface area contributed by atoms with Gasteiger partial charge in [-0.1, -0.05) is 63.3 Å². The van der Waals surface area contributed by atoms with Crippen molar-refractivity contribution in [1.82, 2.24) is 10.3 Å². The molecule has 0 saturated heterocycles. The van der Waals surface area contributed by atoms with Crippen LogP contribution in [0, 0.1) is 17.2 Å². The summed E-state index contributed by atoms with van der Waals surface area (Å²) in [5, 5.41) is 15.7. The van der Waals surface area contributed by atoms with Gasteiger partial charge in [0, 0.05) is 0 Å². The Morgan fingerprint density at radius 1 is 1.09 bits per heavy atom. The Bertz CT molecular complexity index is 1160. The summed E-state index contributed by atoms with van der Waals surface area (Å²) in [5.41, 5.74) is 2.26. The average Bonchev–Trinajstić information content (AvgIpc) is 3.31. The van der Waals surface area contributed by atoms with Gasteiger partial charge in [-0.15, -0.1) is 0 Å². The fourth-order valence-electron chi connectivity index (χ4n) is 4.63. The van der Waals surface area contributed by atoms with Crippen LogP contribution in [0.3, 0.4) is 0 Å². The number of carbonyl (C=O) groups is 2. The molecule has 2 atom stereocenters. The monoisotopic (exact) mass is 458 g/mol. The second-order valence-corrected chi connectivity index (χ2v) is 8.91. The molecule has 1 amide bonds. The third-order valence-corrected chi connectivity index (χ3v) is 6.53. The molecule has 1 aliphatic rings. The Morgan fingerprint density at radius 3 is 2.56 bits per heavy atom. The Morgan fingerprint density at radius 2 is 1.82 bits per heavy atom. The van der Waals surface area contributed by atoms with Crippen LogP contribution < -0.4 is 10.6 Å². The minimum atomic E-state index is -0.748. The van der Waals surface area contributed by atoms with Crippen LogP contribution in [0.4, 0.5) is 5.69 Å². The highest BCUT2D eigenvalue weighted by Crippen LogP contribution is 2.29. The van der Waals surface area contributed by atoms with Gasteiger partial charge in [0.1, 0.15) is 17.6 Å². The number of aromatic nitrogens is 1. The highest BCUT2D eigenvalue weighted by molar-refractivity contribution is 6.00. The van der Waals surface area contributed by atoms with Crippen molar-refractivity contribution < 1.29 is 14.0 Å². The zero-order valence-electron chi connectivity index (χ0n) is 19.4. The van der Waals surface area contributed by atoms with Crippen molar-refractivity contribution in [3.05, 3.63) is 60.0 Å². The maximum atomic E-state index is 13.4. The van der Waals surface area contributed by atoms with Crippen molar-refractivity contribution in [2.45, 2.75) is 64.0 Å². The summed E-state index contributed by atoms with van der Waals surface area (Å²) < 4.78 is 5.64. The van der Waals surface area contributed by atoms with Crippen LogP contribution >= 0.6 is 0 Å². The zero-order valence-corrected chi connectivity index (χ0v) is 19.4. The van der Waals surface area contributed by atoms with Gasteiger partial charge in [0.2, 0.25) is 11.7 Å². The molecule has 1 fully saturated rings. The smallest absolute Gasteiger partial charge is 0.266 e. The van der Waals surface area contributed by atoms with Crippen LogP contribution in [0.5, 0.6) is 0 Å². The van der Waals surface area contributed by atoms with Crippen molar-refractivity contribution in [2.24, 2.45) is 5.92 Å². The van der Waals surface area contributed by atoms with Gasteiger partial charge in [-0.2, -0.15) is 5.26 Å². The van der Waals surface area contributed by atoms with E-state index in [1.165, 1.54) is 19.3 Å². The molecule has 0 bridgehead atoms. The highest BCUT2D eigenvalue weighted by Gasteiger charge is 2.30. The Balaban J connectivity index is 1.52. The Labute approximate surface area is 199 Å². The first kappa shape index (κ1) is 23.5. The van der Waals surface area contributed by atoms with E-state index in [0.29, 0.717) is 41.1 Å². The van der Waals surface area contributed by atoms with E-state index in [4.69, 9.17) is 4.42 Å². The quantitative estimate of drug-likeness (QED) is 0.425. The minimum absolute atomic E-state index is 0.0000316. The van der Waals surface area contributed by atoms with Crippen molar-refractivity contribution in [1.29, 1.82) is 5.26 Å². The maximum absolute atomic E-state index is 13.4. The number of anilines is 1. The molecule has 0 spiro atoms. The van der Waals surface area contributed by atoms with E-state index in [-0.39, 0.29) is 17.6 Å². The second-order valence-electron chi connectivity index (χ2n) is 8.91. The zero-order chi connectivity index (χ0) is 23.9. The number of hydrogen-bond acceptors (Lipinski definition) is 6. The number of nitrogens with zero attached hydrogens (tertiary/aromatic N) is 2.